The van der Waals surface area contributed by atoms with E-state index in [9.17, 15) is 4.79 Å². The lowest BCUT2D eigenvalue weighted by Gasteiger charge is -2.27. The Kier molecular flexibility index (Phi) is 4.82. The number of nitrogens with zero attached hydrogens (tertiary/aromatic N) is 6. The van der Waals surface area contributed by atoms with Crippen molar-refractivity contribution in [2.24, 2.45) is 14.1 Å². The second-order valence-corrected chi connectivity index (χ2v) is 6.71. The number of nitrogens with one attached hydrogen (secondary N) is 1. The molecule has 1 aliphatic rings. The fourth-order valence-corrected chi connectivity index (χ4v) is 3.48. The first kappa shape index (κ1) is 18.2. The number of hydrogen-bond acceptors (Lipinski definition) is 6. The summed E-state index contributed by atoms with van der Waals surface area (Å²) in [6.07, 6.45) is 4.23. The molecule has 0 aliphatic carbocycles. The van der Waals surface area contributed by atoms with Gasteiger partial charge in [-0.15, -0.1) is 0 Å². The molecule has 28 heavy (non-hydrogen) atoms. The normalized spacial score (nSPS) is 13.7. The quantitative estimate of drug-likeness (QED) is 0.698. The van der Waals surface area contributed by atoms with E-state index in [-0.39, 0.29) is 5.91 Å². The summed E-state index contributed by atoms with van der Waals surface area (Å²) in [5.74, 6) is 1.32. The van der Waals surface area contributed by atoms with Gasteiger partial charge in [-0.2, -0.15) is 5.10 Å². The topological polar surface area (TPSA) is 90.1 Å². The Labute approximate surface area is 163 Å². The number of fused-ring (bicyclic) bond motifs is 1. The summed E-state index contributed by atoms with van der Waals surface area (Å²) >= 11 is 0. The number of aromatic nitrogens is 5. The van der Waals surface area contributed by atoms with Gasteiger partial charge in [0.1, 0.15) is 5.82 Å². The maximum Gasteiger partial charge on any atom is 0.255 e. The van der Waals surface area contributed by atoms with E-state index in [0.29, 0.717) is 25.6 Å². The van der Waals surface area contributed by atoms with Gasteiger partial charge in [-0.25, -0.2) is 9.97 Å². The lowest BCUT2D eigenvalue weighted by Crippen LogP contribution is -2.39. The van der Waals surface area contributed by atoms with E-state index in [2.05, 4.69) is 25.0 Å². The van der Waals surface area contributed by atoms with Crippen LogP contribution >= 0.6 is 0 Å². The van der Waals surface area contributed by atoms with Gasteiger partial charge in [-0.1, -0.05) is 0 Å². The Morgan fingerprint density at radius 2 is 2.11 bits per heavy atom. The Morgan fingerprint density at radius 1 is 1.25 bits per heavy atom. The van der Waals surface area contributed by atoms with Crippen molar-refractivity contribution < 1.29 is 9.53 Å². The second-order valence-electron chi connectivity index (χ2n) is 6.71. The predicted octanol–water partition coefficient (Wildman–Crippen LogP) is 1.60. The van der Waals surface area contributed by atoms with Crippen LogP contribution in [0.25, 0.3) is 11.4 Å². The summed E-state index contributed by atoms with van der Waals surface area (Å²) in [5, 5.41) is 7.29. The number of rotatable bonds is 6. The van der Waals surface area contributed by atoms with Gasteiger partial charge in [-0.3, -0.25) is 9.48 Å². The number of ether oxygens (including phenoxy) is 1. The van der Waals surface area contributed by atoms with E-state index < -0.39 is 0 Å². The van der Waals surface area contributed by atoms with Crippen LogP contribution in [0.3, 0.4) is 0 Å². The number of hydrogen-bond donors (Lipinski definition) is 1. The SMILES string of the molecule is COCCN1CCc2c(cc(-c3ccnc(Nc4ccnn4C)n3)n2C)C1=O. The van der Waals surface area contributed by atoms with Gasteiger partial charge >= 0.3 is 0 Å². The lowest BCUT2D eigenvalue weighted by molar-refractivity contribution is 0.0677. The third kappa shape index (κ3) is 3.24. The van der Waals surface area contributed by atoms with Gasteiger partial charge < -0.3 is 19.5 Å². The van der Waals surface area contributed by atoms with Crippen molar-refractivity contribution in [2.45, 2.75) is 6.42 Å². The minimum Gasteiger partial charge on any atom is -0.383 e. The summed E-state index contributed by atoms with van der Waals surface area (Å²) in [4.78, 5) is 23.6. The van der Waals surface area contributed by atoms with Gasteiger partial charge in [0.2, 0.25) is 5.95 Å². The number of amides is 1. The van der Waals surface area contributed by atoms with Gasteiger partial charge in [0.25, 0.3) is 5.91 Å². The zero-order valence-corrected chi connectivity index (χ0v) is 16.2. The molecule has 0 atom stereocenters. The molecule has 9 heteroatoms. The predicted molar refractivity (Wildman–Crippen MR) is 104 cm³/mol. The molecule has 1 N–H and O–H groups in total. The standard InChI is InChI=1S/C19H23N7O2/c1-24-15-6-9-26(10-11-28-3)18(27)13(15)12-16(24)14-4-7-20-19(22-14)23-17-5-8-21-25(17)2/h4-5,7-8,12H,6,9-11H2,1-3H3,(H,20,22,23). The first-order valence-corrected chi connectivity index (χ1v) is 9.13. The van der Waals surface area contributed by atoms with E-state index in [0.717, 1.165) is 34.9 Å². The zero-order chi connectivity index (χ0) is 19.7. The molecule has 3 aromatic heterocycles. The highest BCUT2D eigenvalue weighted by Crippen LogP contribution is 2.28. The van der Waals surface area contributed by atoms with Crippen molar-refractivity contribution in [3.8, 4) is 11.4 Å². The molecular formula is C19H23N7O2. The Balaban J connectivity index is 1.63. The van der Waals surface area contributed by atoms with Crippen LogP contribution in [0.4, 0.5) is 11.8 Å². The van der Waals surface area contributed by atoms with Gasteiger partial charge in [0, 0.05) is 58.7 Å². The van der Waals surface area contributed by atoms with Crippen LogP contribution in [0, 0.1) is 0 Å². The highest BCUT2D eigenvalue weighted by atomic mass is 16.5. The first-order chi connectivity index (χ1) is 13.6. The van der Waals surface area contributed by atoms with Crippen LogP contribution in [0.5, 0.6) is 0 Å². The fourth-order valence-electron chi connectivity index (χ4n) is 3.48. The van der Waals surface area contributed by atoms with Crippen molar-refractivity contribution in [1.82, 2.24) is 29.2 Å². The molecule has 1 aliphatic heterocycles. The largest absolute Gasteiger partial charge is 0.383 e. The number of carbonyl (C=O) groups is 1. The van der Waals surface area contributed by atoms with Crippen LogP contribution in [0.2, 0.25) is 0 Å². The molecule has 0 spiro atoms. The van der Waals surface area contributed by atoms with E-state index in [1.54, 1.807) is 24.2 Å². The fraction of sp³-hybridized carbons (Fsp3) is 0.368. The number of carbonyl (C=O) groups excluding carboxylic acids is 1. The molecule has 0 bridgehead atoms. The summed E-state index contributed by atoms with van der Waals surface area (Å²) in [7, 11) is 5.47. The molecule has 3 aromatic rings. The molecule has 9 nitrogen and oxygen atoms in total. The van der Waals surface area contributed by atoms with Crippen LogP contribution < -0.4 is 5.32 Å². The molecule has 0 fully saturated rings. The monoisotopic (exact) mass is 381 g/mol. The van der Waals surface area contributed by atoms with Crippen molar-refractivity contribution >= 4 is 17.7 Å². The average Bonchev–Trinajstić information content (AvgIpc) is 3.25. The highest BCUT2D eigenvalue weighted by Gasteiger charge is 2.28. The van der Waals surface area contributed by atoms with Crippen molar-refractivity contribution in [3.05, 3.63) is 41.9 Å². The van der Waals surface area contributed by atoms with Gasteiger partial charge in [0.05, 0.1) is 29.8 Å². The lowest BCUT2D eigenvalue weighted by atomic mass is 10.1. The molecular weight excluding hydrogens is 358 g/mol. The molecule has 1 amide bonds. The summed E-state index contributed by atoms with van der Waals surface area (Å²) in [6.45, 7) is 1.84. The molecule has 0 unspecified atom stereocenters. The Morgan fingerprint density at radius 3 is 2.86 bits per heavy atom. The molecule has 0 radical (unpaired) electrons. The van der Waals surface area contributed by atoms with E-state index in [4.69, 9.17) is 4.74 Å². The summed E-state index contributed by atoms with van der Waals surface area (Å²) in [6, 6.07) is 5.62. The maximum absolute atomic E-state index is 12.8. The Hall–Kier alpha value is -3.20. The van der Waals surface area contributed by atoms with Crippen molar-refractivity contribution in [3.63, 3.8) is 0 Å². The molecule has 4 heterocycles. The van der Waals surface area contributed by atoms with E-state index in [1.165, 1.54) is 0 Å². The smallest absolute Gasteiger partial charge is 0.255 e. The van der Waals surface area contributed by atoms with E-state index in [1.807, 2.05) is 37.2 Å². The zero-order valence-electron chi connectivity index (χ0n) is 16.2. The van der Waals surface area contributed by atoms with Crippen LogP contribution in [-0.2, 0) is 25.3 Å². The third-order valence-corrected chi connectivity index (χ3v) is 5.04. The summed E-state index contributed by atoms with van der Waals surface area (Å²) in [5.41, 5.74) is 3.42. The third-order valence-electron chi connectivity index (χ3n) is 5.04. The average molecular weight is 381 g/mol. The molecule has 0 saturated carbocycles. The first-order valence-electron chi connectivity index (χ1n) is 9.13. The van der Waals surface area contributed by atoms with Crippen LogP contribution in [0.1, 0.15) is 16.1 Å². The minimum absolute atomic E-state index is 0.0439. The molecule has 4 rings (SSSR count). The maximum atomic E-state index is 12.8. The minimum atomic E-state index is 0.0439. The number of methoxy groups -OCH3 is 1. The second kappa shape index (κ2) is 7.43. The highest BCUT2D eigenvalue weighted by molar-refractivity contribution is 5.98. The van der Waals surface area contributed by atoms with Crippen LogP contribution in [0.15, 0.2) is 30.6 Å². The molecule has 0 aromatic carbocycles. The molecule has 146 valence electrons. The molecule has 0 saturated heterocycles. The van der Waals surface area contributed by atoms with Gasteiger partial charge in [-0.05, 0) is 12.1 Å². The Bertz CT molecular complexity index is 1010. The van der Waals surface area contributed by atoms with Crippen molar-refractivity contribution in [2.75, 3.05) is 32.1 Å². The number of anilines is 2. The van der Waals surface area contributed by atoms with Crippen molar-refractivity contribution in [1.29, 1.82) is 0 Å². The van der Waals surface area contributed by atoms with Gasteiger partial charge in [0.15, 0.2) is 0 Å². The van der Waals surface area contributed by atoms with E-state index >= 15 is 0 Å². The summed E-state index contributed by atoms with van der Waals surface area (Å²) < 4.78 is 8.88. The van der Waals surface area contributed by atoms with Crippen LogP contribution in [-0.4, -0.2) is 61.9 Å². The number of aryl methyl sites for hydroxylation is 1.